The van der Waals surface area contributed by atoms with Gasteiger partial charge in [0.15, 0.2) is 0 Å². The van der Waals surface area contributed by atoms with Crippen molar-refractivity contribution in [1.82, 2.24) is 0 Å². The highest BCUT2D eigenvalue weighted by atomic mass is 14.7. The number of nitrogens with two attached hydrogens (primary N) is 1. The van der Waals surface area contributed by atoms with Crippen LogP contribution in [0.15, 0.2) is 24.3 Å². The fraction of sp³-hybridized carbons (Fsp3) is 0.500. The van der Waals surface area contributed by atoms with E-state index in [0.717, 1.165) is 6.42 Å². The molecule has 1 aromatic carbocycles. The summed E-state index contributed by atoms with van der Waals surface area (Å²) >= 11 is 0. The maximum Gasteiger partial charge on any atom is 0.0149 e. The van der Waals surface area contributed by atoms with Crippen LogP contribution in [0.3, 0.4) is 0 Å². The van der Waals surface area contributed by atoms with Gasteiger partial charge in [-0.25, -0.2) is 0 Å². The normalized spacial score (nSPS) is 26.0. The fourth-order valence-electron chi connectivity index (χ4n) is 2.39. The molecule has 1 aliphatic carbocycles. The van der Waals surface area contributed by atoms with Gasteiger partial charge in [-0.05, 0) is 29.9 Å². The summed E-state index contributed by atoms with van der Waals surface area (Å²) in [5, 5.41) is 0. The van der Waals surface area contributed by atoms with Crippen LogP contribution in [0, 0.1) is 0 Å². The van der Waals surface area contributed by atoms with Crippen molar-refractivity contribution in [2.45, 2.75) is 38.1 Å². The number of fused-ring (bicyclic) bond motifs is 1. The van der Waals surface area contributed by atoms with E-state index in [1.165, 1.54) is 24.0 Å². The third-order valence-electron chi connectivity index (χ3n) is 3.03. The maximum atomic E-state index is 6.12. The van der Waals surface area contributed by atoms with Crippen LogP contribution >= 0.6 is 0 Å². The zero-order valence-corrected chi connectivity index (χ0v) is 8.16. The lowest BCUT2D eigenvalue weighted by molar-refractivity contribution is 0.530. The van der Waals surface area contributed by atoms with Crippen LogP contribution in [0.5, 0.6) is 0 Å². The molecule has 13 heavy (non-hydrogen) atoms. The van der Waals surface area contributed by atoms with Gasteiger partial charge >= 0.3 is 0 Å². The summed E-state index contributed by atoms with van der Waals surface area (Å²) in [5.41, 5.74) is 9.08. The molecule has 0 heterocycles. The Labute approximate surface area is 80.0 Å². The standard InChI is InChI=1S/C12H17N/c1-2-5-11-10-7-4-3-6-9(10)8-12(11)13/h3-4,6-7,11-12H,2,5,8,13H2,1H3/t11-,12?/m1/s1. The van der Waals surface area contributed by atoms with E-state index < -0.39 is 0 Å². The van der Waals surface area contributed by atoms with Crippen LogP contribution in [0.2, 0.25) is 0 Å². The van der Waals surface area contributed by atoms with E-state index in [2.05, 4.69) is 31.2 Å². The topological polar surface area (TPSA) is 26.0 Å². The van der Waals surface area contributed by atoms with Crippen LogP contribution in [-0.4, -0.2) is 6.04 Å². The van der Waals surface area contributed by atoms with Gasteiger partial charge in [-0.1, -0.05) is 37.6 Å². The van der Waals surface area contributed by atoms with E-state index in [-0.39, 0.29) is 0 Å². The molecule has 70 valence electrons. The number of hydrogen-bond donors (Lipinski definition) is 1. The molecule has 2 rings (SSSR count). The van der Waals surface area contributed by atoms with Crippen LogP contribution < -0.4 is 5.73 Å². The molecule has 2 atom stereocenters. The Morgan fingerprint density at radius 2 is 2.15 bits per heavy atom. The molecule has 2 N–H and O–H groups in total. The second-order valence-corrected chi connectivity index (χ2v) is 3.96. The van der Waals surface area contributed by atoms with E-state index in [1.807, 2.05) is 0 Å². The molecule has 0 fully saturated rings. The van der Waals surface area contributed by atoms with Crippen molar-refractivity contribution in [2.75, 3.05) is 0 Å². The van der Waals surface area contributed by atoms with Crippen LogP contribution in [0.25, 0.3) is 0 Å². The lowest BCUT2D eigenvalue weighted by Gasteiger charge is -2.15. The molecule has 1 nitrogen and oxygen atoms in total. The van der Waals surface area contributed by atoms with Gasteiger partial charge in [0.2, 0.25) is 0 Å². The average Bonchev–Trinajstić information content (AvgIpc) is 2.44. The molecule has 0 amide bonds. The van der Waals surface area contributed by atoms with Gasteiger partial charge < -0.3 is 5.73 Å². The minimum Gasteiger partial charge on any atom is -0.327 e. The highest BCUT2D eigenvalue weighted by Crippen LogP contribution is 2.34. The van der Waals surface area contributed by atoms with E-state index in [0.29, 0.717) is 12.0 Å². The third-order valence-corrected chi connectivity index (χ3v) is 3.03. The van der Waals surface area contributed by atoms with Gasteiger partial charge in [-0.2, -0.15) is 0 Å². The Morgan fingerprint density at radius 1 is 1.38 bits per heavy atom. The molecule has 1 unspecified atom stereocenters. The molecule has 0 aliphatic heterocycles. The van der Waals surface area contributed by atoms with E-state index >= 15 is 0 Å². The van der Waals surface area contributed by atoms with Crippen molar-refractivity contribution >= 4 is 0 Å². The Hall–Kier alpha value is -0.820. The zero-order valence-electron chi connectivity index (χ0n) is 8.16. The Balaban J connectivity index is 2.29. The summed E-state index contributed by atoms with van der Waals surface area (Å²) in [6, 6.07) is 9.05. The van der Waals surface area contributed by atoms with Crippen LogP contribution in [0.4, 0.5) is 0 Å². The van der Waals surface area contributed by atoms with Crippen molar-refractivity contribution in [3.05, 3.63) is 35.4 Å². The van der Waals surface area contributed by atoms with E-state index in [1.54, 1.807) is 0 Å². The first kappa shape index (κ1) is 8.76. The van der Waals surface area contributed by atoms with Crippen LogP contribution in [0.1, 0.15) is 36.8 Å². The summed E-state index contributed by atoms with van der Waals surface area (Å²) in [4.78, 5) is 0. The molecule has 1 heteroatoms. The molecule has 0 radical (unpaired) electrons. The molecule has 1 aliphatic rings. The van der Waals surface area contributed by atoms with E-state index in [4.69, 9.17) is 5.73 Å². The minimum atomic E-state index is 0.359. The summed E-state index contributed by atoms with van der Waals surface area (Å²) in [6.07, 6.45) is 3.53. The van der Waals surface area contributed by atoms with Gasteiger partial charge in [0.1, 0.15) is 0 Å². The van der Waals surface area contributed by atoms with Crippen molar-refractivity contribution in [3.8, 4) is 0 Å². The van der Waals surface area contributed by atoms with Crippen molar-refractivity contribution in [2.24, 2.45) is 5.73 Å². The zero-order chi connectivity index (χ0) is 9.26. The van der Waals surface area contributed by atoms with E-state index in [9.17, 15) is 0 Å². The molecule has 0 saturated heterocycles. The lowest BCUT2D eigenvalue weighted by Crippen LogP contribution is -2.24. The third kappa shape index (κ3) is 1.49. The minimum absolute atomic E-state index is 0.359. The summed E-state index contributed by atoms with van der Waals surface area (Å²) in [6.45, 7) is 2.23. The summed E-state index contributed by atoms with van der Waals surface area (Å²) in [7, 11) is 0. The molecular weight excluding hydrogens is 158 g/mol. The maximum absolute atomic E-state index is 6.12. The predicted molar refractivity (Wildman–Crippen MR) is 55.8 cm³/mol. The summed E-state index contributed by atoms with van der Waals surface area (Å²) < 4.78 is 0. The molecular formula is C12H17N. The molecule has 0 saturated carbocycles. The summed E-state index contributed by atoms with van der Waals surface area (Å²) in [5.74, 6) is 0.612. The Kier molecular flexibility index (Phi) is 2.36. The highest BCUT2D eigenvalue weighted by Gasteiger charge is 2.28. The second-order valence-electron chi connectivity index (χ2n) is 3.96. The first-order valence-corrected chi connectivity index (χ1v) is 5.16. The molecule has 0 spiro atoms. The monoisotopic (exact) mass is 175 g/mol. The predicted octanol–water partition coefficient (Wildman–Crippen LogP) is 2.45. The van der Waals surface area contributed by atoms with Gasteiger partial charge in [0, 0.05) is 6.04 Å². The smallest absolute Gasteiger partial charge is 0.0149 e. The average molecular weight is 175 g/mol. The van der Waals surface area contributed by atoms with Crippen molar-refractivity contribution in [1.29, 1.82) is 0 Å². The highest BCUT2D eigenvalue weighted by molar-refractivity contribution is 5.37. The van der Waals surface area contributed by atoms with Gasteiger partial charge in [0.25, 0.3) is 0 Å². The lowest BCUT2D eigenvalue weighted by atomic mass is 9.94. The fourth-order valence-corrected chi connectivity index (χ4v) is 2.39. The van der Waals surface area contributed by atoms with Gasteiger partial charge in [0.05, 0.1) is 0 Å². The second kappa shape index (κ2) is 3.51. The van der Waals surface area contributed by atoms with Crippen molar-refractivity contribution < 1.29 is 0 Å². The number of benzene rings is 1. The molecule has 1 aromatic rings. The quantitative estimate of drug-likeness (QED) is 0.734. The van der Waals surface area contributed by atoms with Gasteiger partial charge in [-0.15, -0.1) is 0 Å². The largest absolute Gasteiger partial charge is 0.327 e. The number of rotatable bonds is 2. The Morgan fingerprint density at radius 3 is 2.92 bits per heavy atom. The molecule has 0 bridgehead atoms. The van der Waals surface area contributed by atoms with Gasteiger partial charge in [-0.3, -0.25) is 0 Å². The number of hydrogen-bond acceptors (Lipinski definition) is 1. The first-order chi connectivity index (χ1) is 6.33. The van der Waals surface area contributed by atoms with Crippen molar-refractivity contribution in [3.63, 3.8) is 0 Å². The Bertz CT molecular complexity index is 293. The SMILES string of the molecule is CCC[C@@H]1c2ccccc2CC1N. The van der Waals surface area contributed by atoms with Crippen LogP contribution in [-0.2, 0) is 6.42 Å². The first-order valence-electron chi connectivity index (χ1n) is 5.16. The molecule has 0 aromatic heterocycles.